The van der Waals surface area contributed by atoms with Crippen molar-refractivity contribution < 1.29 is 19.0 Å². The average molecular weight is 313 g/mol. The summed E-state index contributed by atoms with van der Waals surface area (Å²) in [6.07, 6.45) is 0.0973. The summed E-state index contributed by atoms with van der Waals surface area (Å²) in [5.41, 5.74) is -0.239. The monoisotopic (exact) mass is 312 g/mol. The molecule has 0 aliphatic rings. The summed E-state index contributed by atoms with van der Waals surface area (Å²) >= 11 is 5.92. The summed E-state index contributed by atoms with van der Waals surface area (Å²) in [5.74, 6) is -1.04. The lowest BCUT2D eigenvalue weighted by molar-refractivity contribution is 0.116. The fourth-order valence-corrected chi connectivity index (χ4v) is 2.51. The Labute approximate surface area is 126 Å². The lowest BCUT2D eigenvalue weighted by Crippen LogP contribution is -2.37. The second-order valence-electron chi connectivity index (χ2n) is 5.00. The van der Waals surface area contributed by atoms with Crippen LogP contribution in [0.1, 0.15) is 11.1 Å². The molecule has 0 spiro atoms. The summed E-state index contributed by atoms with van der Waals surface area (Å²) < 4.78 is 26.9. The minimum Gasteiger partial charge on any atom is -0.395 e. The second kappa shape index (κ2) is 6.52. The number of hydrogen-bond acceptors (Lipinski definition) is 2. The molecule has 0 aliphatic carbocycles. The topological polar surface area (TPSA) is 40.5 Å². The molecule has 0 atom stereocenters. The van der Waals surface area contributed by atoms with Crippen LogP contribution >= 0.6 is 11.6 Å². The van der Waals surface area contributed by atoms with Gasteiger partial charge >= 0.3 is 0 Å². The lowest BCUT2D eigenvalue weighted by atomic mass is 9.77. The quantitative estimate of drug-likeness (QED) is 0.891. The molecule has 0 fully saturated rings. The zero-order chi connectivity index (χ0) is 15.5. The average Bonchev–Trinajstić information content (AvgIpc) is 2.49. The Morgan fingerprint density at radius 2 is 1.67 bits per heavy atom. The van der Waals surface area contributed by atoms with E-state index in [0.717, 1.165) is 0 Å². The molecule has 2 rings (SSSR count). The van der Waals surface area contributed by atoms with Crippen molar-refractivity contribution in [1.82, 2.24) is 0 Å². The predicted octanol–water partition coefficient (Wildman–Crippen LogP) is 3.08. The van der Waals surface area contributed by atoms with Crippen LogP contribution in [0.5, 0.6) is 0 Å². The molecule has 0 amide bonds. The van der Waals surface area contributed by atoms with Gasteiger partial charge in [-0.15, -0.1) is 0 Å². The van der Waals surface area contributed by atoms with Gasteiger partial charge in [0.15, 0.2) is 0 Å². The molecule has 0 aromatic heterocycles. The molecular formula is C16H15ClF2O2. The molecule has 2 aromatic carbocycles. The maximum absolute atomic E-state index is 13.5. The van der Waals surface area contributed by atoms with Gasteiger partial charge in [0.25, 0.3) is 0 Å². The van der Waals surface area contributed by atoms with Crippen LogP contribution in [0.15, 0.2) is 42.5 Å². The highest BCUT2D eigenvalue weighted by Gasteiger charge is 2.32. The van der Waals surface area contributed by atoms with Crippen LogP contribution in [0.4, 0.5) is 8.78 Å². The van der Waals surface area contributed by atoms with Crippen LogP contribution in [0.25, 0.3) is 0 Å². The Morgan fingerprint density at radius 1 is 1.00 bits per heavy atom. The molecule has 0 unspecified atom stereocenters. The van der Waals surface area contributed by atoms with Crippen LogP contribution in [0.3, 0.4) is 0 Å². The number of benzene rings is 2. The molecule has 21 heavy (non-hydrogen) atoms. The van der Waals surface area contributed by atoms with E-state index in [9.17, 15) is 19.0 Å². The molecule has 0 bridgehead atoms. The van der Waals surface area contributed by atoms with Crippen molar-refractivity contribution in [3.05, 3.63) is 70.2 Å². The van der Waals surface area contributed by atoms with Crippen molar-refractivity contribution in [2.24, 2.45) is 0 Å². The van der Waals surface area contributed by atoms with Crippen molar-refractivity contribution in [3.63, 3.8) is 0 Å². The van der Waals surface area contributed by atoms with E-state index in [1.165, 1.54) is 30.3 Å². The normalized spacial score (nSPS) is 11.7. The van der Waals surface area contributed by atoms with E-state index in [4.69, 9.17) is 11.6 Å². The molecule has 2 aromatic rings. The summed E-state index contributed by atoms with van der Waals surface area (Å²) in [5, 5.41) is 19.4. The summed E-state index contributed by atoms with van der Waals surface area (Å²) in [7, 11) is 0. The first-order chi connectivity index (χ1) is 10.0. The highest BCUT2D eigenvalue weighted by Crippen LogP contribution is 2.32. The van der Waals surface area contributed by atoms with Gasteiger partial charge in [0, 0.05) is 5.41 Å². The molecule has 5 heteroatoms. The number of aliphatic hydroxyl groups is 2. The van der Waals surface area contributed by atoms with Crippen LogP contribution in [0.2, 0.25) is 5.02 Å². The fraction of sp³-hybridized carbons (Fsp3) is 0.250. The van der Waals surface area contributed by atoms with Crippen LogP contribution < -0.4 is 0 Å². The van der Waals surface area contributed by atoms with Crippen LogP contribution in [-0.4, -0.2) is 23.4 Å². The standard InChI is InChI=1S/C16H15ClF2O2/c17-15-11(3-1-6-14(15)19)8-16(9-20,10-21)12-4-2-5-13(18)7-12/h1-7,20-21H,8-10H2. The highest BCUT2D eigenvalue weighted by atomic mass is 35.5. The largest absolute Gasteiger partial charge is 0.395 e. The first-order valence-corrected chi connectivity index (χ1v) is 6.81. The maximum Gasteiger partial charge on any atom is 0.142 e. The van der Waals surface area contributed by atoms with Gasteiger partial charge in [0.05, 0.1) is 18.2 Å². The van der Waals surface area contributed by atoms with E-state index in [1.54, 1.807) is 12.1 Å². The molecule has 2 N–H and O–H groups in total. The number of hydrogen-bond donors (Lipinski definition) is 2. The summed E-state index contributed by atoms with van der Waals surface area (Å²) in [6.45, 7) is -0.834. The third-order valence-electron chi connectivity index (χ3n) is 3.60. The van der Waals surface area contributed by atoms with E-state index >= 15 is 0 Å². The van der Waals surface area contributed by atoms with Crippen molar-refractivity contribution in [1.29, 1.82) is 0 Å². The lowest BCUT2D eigenvalue weighted by Gasteiger charge is -2.31. The number of rotatable bonds is 5. The van der Waals surface area contributed by atoms with Crippen molar-refractivity contribution in [2.75, 3.05) is 13.2 Å². The van der Waals surface area contributed by atoms with E-state index in [1.807, 2.05) is 0 Å². The van der Waals surface area contributed by atoms with E-state index in [0.29, 0.717) is 11.1 Å². The van der Waals surface area contributed by atoms with E-state index in [-0.39, 0.29) is 11.4 Å². The van der Waals surface area contributed by atoms with Crippen molar-refractivity contribution >= 4 is 11.6 Å². The molecule has 112 valence electrons. The Morgan fingerprint density at radius 3 is 2.29 bits per heavy atom. The summed E-state index contributed by atoms with van der Waals surface area (Å²) in [4.78, 5) is 0. The highest BCUT2D eigenvalue weighted by molar-refractivity contribution is 6.31. The Kier molecular flexibility index (Phi) is 4.93. The first kappa shape index (κ1) is 15.9. The first-order valence-electron chi connectivity index (χ1n) is 6.43. The van der Waals surface area contributed by atoms with Gasteiger partial charge in [0.2, 0.25) is 0 Å². The molecule has 2 nitrogen and oxygen atoms in total. The van der Waals surface area contributed by atoms with Gasteiger partial charge in [-0.25, -0.2) is 8.78 Å². The molecular weight excluding hydrogens is 298 g/mol. The number of halogens is 3. The van der Waals surface area contributed by atoms with E-state index < -0.39 is 30.3 Å². The zero-order valence-electron chi connectivity index (χ0n) is 11.2. The number of aliphatic hydroxyl groups excluding tert-OH is 2. The molecule has 0 aliphatic heterocycles. The minimum absolute atomic E-state index is 0.0554. The minimum atomic E-state index is -1.13. The van der Waals surface area contributed by atoms with Gasteiger partial charge in [-0.2, -0.15) is 0 Å². The molecule has 0 heterocycles. The summed E-state index contributed by atoms with van der Waals surface area (Å²) in [6, 6.07) is 9.98. The molecule has 0 saturated heterocycles. The van der Waals surface area contributed by atoms with E-state index in [2.05, 4.69) is 0 Å². The molecule has 0 radical (unpaired) electrons. The van der Waals surface area contributed by atoms with Gasteiger partial charge in [0.1, 0.15) is 11.6 Å². The third-order valence-corrected chi connectivity index (χ3v) is 4.03. The molecule has 0 saturated carbocycles. The van der Waals surface area contributed by atoms with Crippen LogP contribution in [0, 0.1) is 11.6 Å². The van der Waals surface area contributed by atoms with Gasteiger partial charge in [-0.05, 0) is 35.7 Å². The Bertz CT molecular complexity index is 627. The van der Waals surface area contributed by atoms with Crippen LogP contribution in [-0.2, 0) is 11.8 Å². The Hall–Kier alpha value is -1.49. The smallest absolute Gasteiger partial charge is 0.142 e. The zero-order valence-corrected chi connectivity index (χ0v) is 11.9. The van der Waals surface area contributed by atoms with Gasteiger partial charge < -0.3 is 10.2 Å². The van der Waals surface area contributed by atoms with Crippen molar-refractivity contribution in [3.8, 4) is 0 Å². The fourth-order valence-electron chi connectivity index (χ4n) is 2.31. The third kappa shape index (κ3) is 3.23. The Balaban J connectivity index is 2.45. The van der Waals surface area contributed by atoms with Crippen molar-refractivity contribution in [2.45, 2.75) is 11.8 Å². The second-order valence-corrected chi connectivity index (χ2v) is 5.37. The maximum atomic E-state index is 13.5. The van der Waals surface area contributed by atoms with Gasteiger partial charge in [-0.3, -0.25) is 0 Å². The predicted molar refractivity (Wildman–Crippen MR) is 77.4 cm³/mol. The van der Waals surface area contributed by atoms with Gasteiger partial charge in [-0.1, -0.05) is 35.9 Å². The SMILES string of the molecule is OCC(CO)(Cc1cccc(F)c1Cl)c1cccc(F)c1.